The Morgan fingerprint density at radius 2 is 2.00 bits per heavy atom. The van der Waals surface area contributed by atoms with Crippen molar-refractivity contribution in [2.24, 2.45) is 0 Å². The predicted octanol–water partition coefficient (Wildman–Crippen LogP) is -2.98. The highest BCUT2D eigenvalue weighted by Gasteiger charge is 2.19. The first-order valence-corrected chi connectivity index (χ1v) is 9.40. The number of hydrogen-bond donors (Lipinski definition) is 2. The number of aromatic nitrogens is 1. The first-order valence-electron chi connectivity index (χ1n) is 6.69. The number of nitro groups is 1. The number of halogens is 1. The van der Waals surface area contributed by atoms with Gasteiger partial charge < -0.3 is 12.4 Å². The minimum absolute atomic E-state index is 0. The van der Waals surface area contributed by atoms with Gasteiger partial charge in [0.25, 0.3) is 5.91 Å². The fourth-order valence-corrected chi connectivity index (χ4v) is 2.81. The van der Waals surface area contributed by atoms with Crippen LogP contribution in [0.4, 0.5) is 5.00 Å². The van der Waals surface area contributed by atoms with Gasteiger partial charge in [0.1, 0.15) is 5.56 Å². The molecule has 2 aromatic rings. The number of amides is 1. The summed E-state index contributed by atoms with van der Waals surface area (Å²) in [5, 5.41) is 10.5. The molecular formula is C13H13ClN4O6S2. The average molecular weight is 421 g/mol. The Labute approximate surface area is 158 Å². The summed E-state index contributed by atoms with van der Waals surface area (Å²) in [5.74, 6) is -1.05. The minimum atomic E-state index is -3.59. The molecule has 140 valence electrons. The summed E-state index contributed by atoms with van der Waals surface area (Å²) in [6.07, 6.45) is 3.79. The predicted molar refractivity (Wildman–Crippen MR) is 87.4 cm³/mol. The lowest BCUT2D eigenvalue weighted by molar-refractivity contribution is -0.683. The summed E-state index contributed by atoms with van der Waals surface area (Å²) in [6.45, 7) is -0.127. The molecule has 0 saturated heterocycles. The van der Waals surface area contributed by atoms with E-state index in [1.165, 1.54) is 35.0 Å². The van der Waals surface area contributed by atoms with Gasteiger partial charge in [-0.3, -0.25) is 25.1 Å². The highest BCUT2D eigenvalue weighted by atomic mass is 35.5. The van der Waals surface area contributed by atoms with E-state index in [-0.39, 0.29) is 40.2 Å². The lowest BCUT2D eigenvalue weighted by Crippen LogP contribution is -3.00. The Balaban J connectivity index is 0.00000338. The van der Waals surface area contributed by atoms with E-state index in [0.717, 1.165) is 17.6 Å². The number of ketones is 1. The molecule has 0 aliphatic carbocycles. The molecule has 0 aliphatic rings. The zero-order chi connectivity index (χ0) is 18.6. The standard InChI is InChI=1S/C13H12N4O6S2.ClH/c1-25(22,23)15-14-13(19)9-3-2-6-16(7-9)8-10(18)11-4-5-12(24-11)17(20)21;/h2-7,15H,8H2,1H3;1H. The van der Waals surface area contributed by atoms with Gasteiger partial charge >= 0.3 is 5.00 Å². The summed E-state index contributed by atoms with van der Waals surface area (Å²) in [7, 11) is -3.59. The number of Topliss-reactive ketones (excluding diaryl/α,β-unsaturated/α-hetero) is 1. The van der Waals surface area contributed by atoms with Crippen LogP contribution in [0.25, 0.3) is 0 Å². The maximum atomic E-state index is 12.2. The molecule has 26 heavy (non-hydrogen) atoms. The number of rotatable bonds is 7. The van der Waals surface area contributed by atoms with Crippen LogP contribution < -0.4 is 27.2 Å². The van der Waals surface area contributed by atoms with E-state index in [4.69, 9.17) is 0 Å². The summed E-state index contributed by atoms with van der Waals surface area (Å²) in [4.78, 5) is 36.2. The van der Waals surface area contributed by atoms with Crippen LogP contribution in [0.3, 0.4) is 0 Å². The molecule has 0 saturated carbocycles. The number of carbonyl (C=O) groups excluding carboxylic acids is 2. The highest BCUT2D eigenvalue weighted by Crippen LogP contribution is 2.24. The molecule has 2 aromatic heterocycles. The number of hydrazine groups is 1. The van der Waals surface area contributed by atoms with Crippen LogP contribution in [0.2, 0.25) is 0 Å². The summed E-state index contributed by atoms with van der Waals surface area (Å²) in [6, 6.07) is 5.58. The molecule has 0 aromatic carbocycles. The van der Waals surface area contributed by atoms with Crippen LogP contribution in [-0.4, -0.2) is 31.3 Å². The maximum Gasteiger partial charge on any atom is 0.324 e. The molecule has 0 bridgehead atoms. The SMILES string of the molecule is CS(=O)(=O)NNC(=O)c1ccc[n+](CC(=O)c2ccc([N+](=O)[O-])s2)c1.[Cl-]. The number of sulfonamides is 1. The Morgan fingerprint density at radius 1 is 1.31 bits per heavy atom. The van der Waals surface area contributed by atoms with E-state index in [2.05, 4.69) is 0 Å². The van der Waals surface area contributed by atoms with Crippen molar-refractivity contribution in [3.8, 4) is 0 Å². The third-order valence-corrected chi connectivity index (χ3v) is 4.39. The van der Waals surface area contributed by atoms with Crippen molar-refractivity contribution in [2.45, 2.75) is 6.54 Å². The van der Waals surface area contributed by atoms with Crippen molar-refractivity contribution in [2.75, 3.05) is 6.26 Å². The van der Waals surface area contributed by atoms with Gasteiger partial charge in [0, 0.05) is 12.1 Å². The van der Waals surface area contributed by atoms with Crippen molar-refractivity contribution in [3.63, 3.8) is 0 Å². The van der Waals surface area contributed by atoms with Crippen molar-refractivity contribution in [1.29, 1.82) is 0 Å². The monoisotopic (exact) mass is 420 g/mol. The van der Waals surface area contributed by atoms with E-state index in [9.17, 15) is 28.1 Å². The van der Waals surface area contributed by atoms with Gasteiger partial charge in [-0.05, 0) is 12.1 Å². The van der Waals surface area contributed by atoms with Gasteiger partial charge in [-0.2, -0.15) is 4.57 Å². The first kappa shape index (κ1) is 21.6. The highest BCUT2D eigenvalue weighted by molar-refractivity contribution is 7.88. The quantitative estimate of drug-likeness (QED) is 0.212. The number of hydrogen-bond acceptors (Lipinski definition) is 7. The van der Waals surface area contributed by atoms with Gasteiger partial charge in [0.15, 0.2) is 12.4 Å². The largest absolute Gasteiger partial charge is 1.00 e. The Morgan fingerprint density at radius 3 is 2.58 bits per heavy atom. The average Bonchev–Trinajstić information content (AvgIpc) is 3.02. The molecule has 13 heteroatoms. The van der Waals surface area contributed by atoms with E-state index in [1.807, 2.05) is 10.3 Å². The summed E-state index contributed by atoms with van der Waals surface area (Å²) < 4.78 is 23.3. The molecule has 0 spiro atoms. The third kappa shape index (κ3) is 6.15. The molecule has 10 nitrogen and oxygen atoms in total. The second-order valence-corrected chi connectivity index (χ2v) is 7.72. The van der Waals surface area contributed by atoms with Crippen molar-refractivity contribution >= 4 is 38.1 Å². The summed E-state index contributed by atoms with van der Waals surface area (Å²) in [5.41, 5.74) is 2.15. The smallest absolute Gasteiger partial charge is 0.324 e. The molecule has 1 amide bonds. The van der Waals surface area contributed by atoms with Crippen molar-refractivity contribution in [3.05, 3.63) is 57.2 Å². The van der Waals surface area contributed by atoms with Gasteiger partial charge in [-0.15, -0.1) is 4.83 Å². The number of thiophene rings is 1. The molecule has 2 heterocycles. The first-order chi connectivity index (χ1) is 11.7. The molecule has 2 N–H and O–H groups in total. The topological polar surface area (TPSA) is 139 Å². The normalized spacial score (nSPS) is 10.7. The Bertz CT molecular complexity index is 944. The van der Waals surface area contributed by atoms with Gasteiger partial charge in [-0.1, -0.05) is 11.3 Å². The molecule has 0 fully saturated rings. The number of carbonyl (C=O) groups is 2. The fraction of sp³-hybridized carbons (Fsp3) is 0.154. The minimum Gasteiger partial charge on any atom is -1.00 e. The molecule has 0 unspecified atom stereocenters. The Hall–Kier alpha value is -2.41. The lowest BCUT2D eigenvalue weighted by atomic mass is 10.2. The van der Waals surface area contributed by atoms with Crippen LogP contribution in [0.5, 0.6) is 0 Å². The van der Waals surface area contributed by atoms with Gasteiger partial charge in [-0.25, -0.2) is 8.42 Å². The Kier molecular flexibility index (Phi) is 7.32. The number of nitrogens with one attached hydrogen (secondary N) is 2. The van der Waals surface area contributed by atoms with Crippen molar-refractivity contribution < 1.29 is 39.9 Å². The van der Waals surface area contributed by atoms with Crippen molar-refractivity contribution in [1.82, 2.24) is 10.3 Å². The number of nitrogens with zero attached hydrogens (tertiary/aromatic N) is 2. The third-order valence-electron chi connectivity index (χ3n) is 2.84. The zero-order valence-corrected chi connectivity index (χ0v) is 15.6. The number of pyridine rings is 1. The van der Waals surface area contributed by atoms with Gasteiger partial charge in [0.05, 0.1) is 16.1 Å². The van der Waals surface area contributed by atoms with E-state index < -0.39 is 20.9 Å². The lowest BCUT2D eigenvalue weighted by Gasteiger charge is -2.04. The van der Waals surface area contributed by atoms with Crippen LogP contribution in [-0.2, 0) is 16.6 Å². The van der Waals surface area contributed by atoms with E-state index in [1.54, 1.807) is 6.20 Å². The van der Waals surface area contributed by atoms with E-state index >= 15 is 0 Å². The van der Waals surface area contributed by atoms with Gasteiger partial charge in [0.2, 0.25) is 22.4 Å². The fourth-order valence-electron chi connectivity index (χ4n) is 1.79. The molecule has 0 aliphatic heterocycles. The van der Waals surface area contributed by atoms with Crippen LogP contribution in [0.1, 0.15) is 20.0 Å². The van der Waals surface area contributed by atoms with Crippen LogP contribution in [0, 0.1) is 10.1 Å². The molecule has 0 radical (unpaired) electrons. The van der Waals surface area contributed by atoms with E-state index in [0.29, 0.717) is 0 Å². The molecule has 2 rings (SSSR count). The second-order valence-electron chi connectivity index (χ2n) is 4.91. The van der Waals surface area contributed by atoms with Crippen LogP contribution >= 0.6 is 11.3 Å². The molecular weight excluding hydrogens is 408 g/mol. The maximum absolute atomic E-state index is 12.2. The van der Waals surface area contributed by atoms with Crippen LogP contribution in [0.15, 0.2) is 36.7 Å². The zero-order valence-electron chi connectivity index (χ0n) is 13.2. The summed E-state index contributed by atoms with van der Waals surface area (Å²) >= 11 is 0.772. The second kappa shape index (κ2) is 8.80. The molecule has 0 atom stereocenters.